The molecule has 0 unspecified atom stereocenters. The first-order valence-electron chi connectivity index (χ1n) is 5.34. The Morgan fingerprint density at radius 1 is 1.33 bits per heavy atom. The number of anilines is 2. The van der Waals surface area contributed by atoms with E-state index in [1.54, 1.807) is 4.90 Å². The molecule has 78 valence electrons. The molecule has 1 saturated carbocycles. The molecule has 1 fully saturated rings. The molecular weight excluding hydrogens is 188 g/mol. The molecule has 2 N–H and O–H groups in total. The van der Waals surface area contributed by atoms with Gasteiger partial charge in [-0.3, -0.25) is 4.79 Å². The molecular formula is C12H14N2O. The zero-order valence-electron chi connectivity index (χ0n) is 8.73. The molecule has 0 spiro atoms. The predicted molar refractivity (Wildman–Crippen MR) is 59.7 cm³/mol. The van der Waals surface area contributed by atoms with Crippen LogP contribution < -0.4 is 10.6 Å². The van der Waals surface area contributed by atoms with E-state index < -0.39 is 0 Å². The molecule has 1 aromatic rings. The van der Waals surface area contributed by atoms with E-state index in [0.717, 1.165) is 24.2 Å². The molecule has 1 aliphatic carbocycles. The van der Waals surface area contributed by atoms with Gasteiger partial charge in [0.1, 0.15) is 0 Å². The number of rotatable bonds is 0. The lowest BCUT2D eigenvalue weighted by atomic mass is 9.72. The van der Waals surface area contributed by atoms with Crippen LogP contribution in [-0.2, 0) is 4.79 Å². The van der Waals surface area contributed by atoms with Gasteiger partial charge in [0.05, 0.1) is 0 Å². The smallest absolute Gasteiger partial charge is 0.229 e. The average Bonchev–Trinajstić information content (AvgIpc) is 2.28. The second-order valence-corrected chi connectivity index (χ2v) is 4.58. The molecule has 0 aromatic heterocycles. The molecule has 0 radical (unpaired) electrons. The van der Waals surface area contributed by atoms with Crippen molar-refractivity contribution in [2.45, 2.75) is 18.8 Å². The van der Waals surface area contributed by atoms with Crippen molar-refractivity contribution < 1.29 is 4.79 Å². The Morgan fingerprint density at radius 3 is 2.80 bits per heavy atom. The van der Waals surface area contributed by atoms with E-state index in [9.17, 15) is 4.79 Å². The first-order chi connectivity index (χ1) is 7.16. The highest BCUT2D eigenvalue weighted by Gasteiger charge is 2.42. The van der Waals surface area contributed by atoms with Crippen LogP contribution in [0.3, 0.4) is 0 Å². The van der Waals surface area contributed by atoms with Crippen molar-refractivity contribution >= 4 is 17.3 Å². The zero-order chi connectivity index (χ0) is 10.6. The summed E-state index contributed by atoms with van der Waals surface area (Å²) < 4.78 is 0. The van der Waals surface area contributed by atoms with Crippen molar-refractivity contribution in [1.29, 1.82) is 0 Å². The summed E-state index contributed by atoms with van der Waals surface area (Å²) in [4.78, 5) is 13.7. The van der Waals surface area contributed by atoms with Crippen LogP contribution in [0.1, 0.15) is 24.3 Å². The SMILES string of the molecule is CN1C(=O)C2CC(C2)c2cc(N)ccc21. The predicted octanol–water partition coefficient (Wildman–Crippen LogP) is 1.74. The molecule has 2 bridgehead atoms. The summed E-state index contributed by atoms with van der Waals surface area (Å²) >= 11 is 0. The first-order valence-corrected chi connectivity index (χ1v) is 5.34. The van der Waals surface area contributed by atoms with E-state index in [0.29, 0.717) is 5.92 Å². The van der Waals surface area contributed by atoms with Crippen LogP contribution in [-0.4, -0.2) is 13.0 Å². The lowest BCUT2D eigenvalue weighted by molar-refractivity contribution is -0.124. The molecule has 3 heteroatoms. The maximum Gasteiger partial charge on any atom is 0.229 e. The molecule has 2 heterocycles. The zero-order valence-corrected chi connectivity index (χ0v) is 8.73. The lowest BCUT2D eigenvalue weighted by Crippen LogP contribution is -2.35. The van der Waals surface area contributed by atoms with Gasteiger partial charge in [0.25, 0.3) is 0 Å². The van der Waals surface area contributed by atoms with Gasteiger partial charge in [0.2, 0.25) is 5.91 Å². The van der Waals surface area contributed by atoms with Crippen LogP contribution in [0.2, 0.25) is 0 Å². The molecule has 2 aliphatic heterocycles. The highest BCUT2D eigenvalue weighted by atomic mass is 16.2. The van der Waals surface area contributed by atoms with E-state index >= 15 is 0 Å². The lowest BCUT2D eigenvalue weighted by Gasteiger charge is -2.31. The van der Waals surface area contributed by atoms with Gasteiger partial charge < -0.3 is 10.6 Å². The number of benzene rings is 1. The first kappa shape index (κ1) is 8.77. The fraction of sp³-hybridized carbons (Fsp3) is 0.417. The van der Waals surface area contributed by atoms with Gasteiger partial charge in [-0.15, -0.1) is 0 Å². The summed E-state index contributed by atoms with van der Waals surface area (Å²) in [5, 5.41) is 0. The molecule has 4 rings (SSSR count). The van der Waals surface area contributed by atoms with Crippen LogP contribution in [0.25, 0.3) is 0 Å². The second kappa shape index (κ2) is 2.75. The Hall–Kier alpha value is -1.51. The maximum absolute atomic E-state index is 11.9. The van der Waals surface area contributed by atoms with E-state index in [4.69, 9.17) is 5.73 Å². The topological polar surface area (TPSA) is 46.3 Å². The highest BCUT2D eigenvalue weighted by Crippen LogP contribution is 2.49. The average molecular weight is 202 g/mol. The number of amides is 1. The van der Waals surface area contributed by atoms with Gasteiger partial charge in [-0.25, -0.2) is 0 Å². The normalized spacial score (nSPS) is 28.1. The van der Waals surface area contributed by atoms with Gasteiger partial charge in [-0.05, 0) is 42.5 Å². The number of hydrogen-bond donors (Lipinski definition) is 1. The van der Waals surface area contributed by atoms with Gasteiger partial charge >= 0.3 is 0 Å². The van der Waals surface area contributed by atoms with Gasteiger partial charge in [0, 0.05) is 24.3 Å². The van der Waals surface area contributed by atoms with Crippen LogP contribution in [0, 0.1) is 5.92 Å². The Kier molecular flexibility index (Phi) is 1.61. The summed E-state index contributed by atoms with van der Waals surface area (Å²) in [5.74, 6) is 1.05. The van der Waals surface area contributed by atoms with Crippen LogP contribution in [0.4, 0.5) is 11.4 Å². The minimum absolute atomic E-state index is 0.244. The monoisotopic (exact) mass is 202 g/mol. The van der Waals surface area contributed by atoms with Gasteiger partial charge in [-0.2, -0.15) is 0 Å². The van der Waals surface area contributed by atoms with Crippen molar-refractivity contribution in [3.63, 3.8) is 0 Å². The Bertz CT molecular complexity index is 435. The fourth-order valence-electron chi connectivity index (χ4n) is 2.67. The Balaban J connectivity index is 2.17. The van der Waals surface area contributed by atoms with Crippen molar-refractivity contribution in [2.75, 3.05) is 17.7 Å². The number of nitrogens with zero attached hydrogens (tertiary/aromatic N) is 1. The maximum atomic E-state index is 11.9. The molecule has 0 saturated heterocycles. The minimum Gasteiger partial charge on any atom is -0.399 e. The Morgan fingerprint density at radius 2 is 2.07 bits per heavy atom. The third kappa shape index (κ3) is 1.09. The van der Waals surface area contributed by atoms with Gasteiger partial charge in [-0.1, -0.05) is 0 Å². The standard InChI is InChI=1S/C12H14N2O/c1-14-11-3-2-9(13)6-10(11)7-4-8(5-7)12(14)15/h2-3,6-8H,4-5,13H2,1H3. The van der Waals surface area contributed by atoms with Crippen molar-refractivity contribution in [3.05, 3.63) is 23.8 Å². The highest BCUT2D eigenvalue weighted by molar-refractivity contribution is 5.98. The van der Waals surface area contributed by atoms with Crippen LogP contribution in [0.5, 0.6) is 0 Å². The second-order valence-electron chi connectivity index (χ2n) is 4.58. The van der Waals surface area contributed by atoms with E-state index in [-0.39, 0.29) is 11.8 Å². The quantitative estimate of drug-likeness (QED) is 0.651. The van der Waals surface area contributed by atoms with Crippen LogP contribution in [0.15, 0.2) is 18.2 Å². The van der Waals surface area contributed by atoms with Crippen molar-refractivity contribution in [1.82, 2.24) is 0 Å². The fourth-order valence-corrected chi connectivity index (χ4v) is 2.67. The summed E-state index contributed by atoms with van der Waals surface area (Å²) in [6.07, 6.45) is 2.00. The van der Waals surface area contributed by atoms with Crippen molar-refractivity contribution in [2.24, 2.45) is 5.92 Å². The molecule has 3 nitrogen and oxygen atoms in total. The van der Waals surface area contributed by atoms with Crippen molar-refractivity contribution in [3.8, 4) is 0 Å². The number of carbonyl (C=O) groups is 1. The summed E-state index contributed by atoms with van der Waals surface area (Å²) in [5.41, 5.74) is 8.87. The van der Waals surface area contributed by atoms with E-state index in [1.807, 2.05) is 25.2 Å². The van der Waals surface area contributed by atoms with Gasteiger partial charge in [0.15, 0.2) is 0 Å². The molecule has 1 amide bonds. The number of hydrogen-bond acceptors (Lipinski definition) is 2. The largest absolute Gasteiger partial charge is 0.399 e. The third-order valence-corrected chi connectivity index (χ3v) is 3.67. The van der Waals surface area contributed by atoms with E-state index in [2.05, 4.69) is 0 Å². The summed E-state index contributed by atoms with van der Waals surface area (Å²) in [6.45, 7) is 0. The number of fused-ring (bicyclic) bond motifs is 1. The van der Waals surface area contributed by atoms with Crippen LogP contribution >= 0.6 is 0 Å². The Labute approximate surface area is 88.9 Å². The number of nitrogens with two attached hydrogens (primary N) is 1. The minimum atomic E-state index is 0.244. The molecule has 15 heavy (non-hydrogen) atoms. The molecule has 3 aliphatic rings. The third-order valence-electron chi connectivity index (χ3n) is 3.67. The summed E-state index contributed by atoms with van der Waals surface area (Å²) in [6, 6.07) is 5.85. The number of nitrogen functional groups attached to an aromatic ring is 1. The van der Waals surface area contributed by atoms with E-state index in [1.165, 1.54) is 5.56 Å². The molecule has 1 aromatic carbocycles. The summed E-state index contributed by atoms with van der Waals surface area (Å²) in [7, 11) is 1.86. The number of carbonyl (C=O) groups excluding carboxylic acids is 1. The molecule has 0 atom stereocenters.